The van der Waals surface area contributed by atoms with Crippen LogP contribution in [0.25, 0.3) is 0 Å². The number of ether oxygens (including phenoxy) is 1. The van der Waals surface area contributed by atoms with Gasteiger partial charge in [-0.2, -0.15) is 13.1 Å². The molecule has 16 heavy (non-hydrogen) atoms. The normalized spacial score (nSPS) is 21.1. The maximum absolute atomic E-state index is 11.4. The van der Waals surface area contributed by atoms with Crippen LogP contribution in [0.2, 0.25) is 0 Å². The Morgan fingerprint density at radius 3 is 2.69 bits per heavy atom. The fraction of sp³-hybridized carbons (Fsp3) is 0.875. The Balaban J connectivity index is 2.41. The van der Waals surface area contributed by atoms with E-state index in [1.807, 2.05) is 0 Å². The lowest BCUT2D eigenvalue weighted by atomic mass is 10.3. The van der Waals surface area contributed by atoms with Gasteiger partial charge in [-0.3, -0.25) is 0 Å². The zero-order valence-corrected chi connectivity index (χ0v) is 10.1. The van der Waals surface area contributed by atoms with Gasteiger partial charge in [0.1, 0.15) is 0 Å². The number of carbonyl (C=O) groups is 1. The van der Waals surface area contributed by atoms with Gasteiger partial charge in [0.2, 0.25) is 0 Å². The average molecular weight is 251 g/mol. The van der Waals surface area contributed by atoms with Crippen LogP contribution in [0.15, 0.2) is 0 Å². The molecule has 0 aliphatic carbocycles. The van der Waals surface area contributed by atoms with E-state index in [0.717, 1.165) is 6.54 Å². The lowest BCUT2D eigenvalue weighted by molar-refractivity contribution is 0.121. The molecule has 1 atom stereocenters. The van der Waals surface area contributed by atoms with Gasteiger partial charge >= 0.3 is 16.3 Å². The van der Waals surface area contributed by atoms with Crippen molar-refractivity contribution in [1.29, 1.82) is 0 Å². The summed E-state index contributed by atoms with van der Waals surface area (Å²) in [6, 6.07) is -0.177. The summed E-state index contributed by atoms with van der Waals surface area (Å²) in [7, 11) is -3.82. The minimum absolute atomic E-state index is 0.177. The highest BCUT2D eigenvalue weighted by Crippen LogP contribution is 1.99. The third-order valence-electron chi connectivity index (χ3n) is 1.94. The zero-order chi connectivity index (χ0) is 12.2. The fourth-order valence-electron chi connectivity index (χ4n) is 1.35. The maximum Gasteiger partial charge on any atom is 0.422 e. The summed E-state index contributed by atoms with van der Waals surface area (Å²) in [5.41, 5.74) is 0. The summed E-state index contributed by atoms with van der Waals surface area (Å²) in [6.45, 7) is 4.62. The van der Waals surface area contributed by atoms with Gasteiger partial charge < -0.3 is 10.1 Å². The van der Waals surface area contributed by atoms with E-state index in [-0.39, 0.29) is 12.1 Å². The zero-order valence-electron chi connectivity index (χ0n) is 9.32. The van der Waals surface area contributed by atoms with E-state index in [1.165, 1.54) is 0 Å². The number of rotatable bonds is 4. The Morgan fingerprint density at radius 1 is 1.50 bits per heavy atom. The predicted molar refractivity (Wildman–Crippen MR) is 58.1 cm³/mol. The summed E-state index contributed by atoms with van der Waals surface area (Å²) >= 11 is 0. The van der Waals surface area contributed by atoms with E-state index < -0.39 is 16.3 Å². The molecule has 1 heterocycles. The second kappa shape index (κ2) is 5.46. The Morgan fingerprint density at radius 2 is 2.19 bits per heavy atom. The largest absolute Gasteiger partial charge is 0.446 e. The molecule has 7 nitrogen and oxygen atoms in total. The monoisotopic (exact) mass is 251 g/mol. The van der Waals surface area contributed by atoms with Gasteiger partial charge in [-0.15, -0.1) is 0 Å². The molecule has 1 fully saturated rings. The predicted octanol–water partition coefficient (Wildman–Crippen LogP) is -0.683. The van der Waals surface area contributed by atoms with Crippen molar-refractivity contribution in [3.8, 4) is 0 Å². The Kier molecular flexibility index (Phi) is 4.51. The second-order valence-corrected chi connectivity index (χ2v) is 5.31. The highest BCUT2D eigenvalue weighted by Gasteiger charge is 2.23. The van der Waals surface area contributed by atoms with E-state index in [1.54, 1.807) is 18.6 Å². The Labute approximate surface area is 95.1 Å². The molecule has 1 amide bonds. The number of nitrogens with one attached hydrogen (secondary N) is 3. The first-order chi connectivity index (χ1) is 7.39. The SMILES string of the molecule is CC(C)OC(=O)NS(=O)(=O)NC1CCNC1. The molecule has 0 bridgehead atoms. The van der Waals surface area contributed by atoms with E-state index in [4.69, 9.17) is 0 Å². The summed E-state index contributed by atoms with van der Waals surface area (Å²) in [6.07, 6.45) is -0.614. The molecular formula is C8H17N3O4S. The quantitative estimate of drug-likeness (QED) is 0.615. The highest BCUT2D eigenvalue weighted by atomic mass is 32.2. The van der Waals surface area contributed by atoms with Crippen LogP contribution in [-0.2, 0) is 14.9 Å². The third-order valence-corrected chi connectivity index (χ3v) is 3.02. The van der Waals surface area contributed by atoms with Crippen LogP contribution >= 0.6 is 0 Å². The van der Waals surface area contributed by atoms with Crippen molar-refractivity contribution in [3.63, 3.8) is 0 Å². The first-order valence-corrected chi connectivity index (χ1v) is 6.59. The Hall–Kier alpha value is -0.860. The van der Waals surface area contributed by atoms with Gasteiger partial charge in [-0.25, -0.2) is 9.52 Å². The molecule has 1 unspecified atom stereocenters. The van der Waals surface area contributed by atoms with Crippen molar-refractivity contribution >= 4 is 16.3 Å². The van der Waals surface area contributed by atoms with Gasteiger partial charge in [-0.05, 0) is 26.8 Å². The van der Waals surface area contributed by atoms with Crippen LogP contribution in [0.5, 0.6) is 0 Å². The standard InChI is InChI=1S/C8H17N3O4S/c1-6(2)15-8(12)11-16(13,14)10-7-3-4-9-5-7/h6-7,9-10H,3-5H2,1-2H3,(H,11,12). The van der Waals surface area contributed by atoms with Gasteiger partial charge in [0.25, 0.3) is 0 Å². The molecular weight excluding hydrogens is 234 g/mol. The highest BCUT2D eigenvalue weighted by molar-refractivity contribution is 7.88. The molecule has 0 aromatic rings. The van der Waals surface area contributed by atoms with Crippen LogP contribution in [0.3, 0.4) is 0 Å². The summed E-state index contributed by atoms with van der Waals surface area (Å²) in [5, 5.41) is 3.01. The first-order valence-electron chi connectivity index (χ1n) is 5.10. The second-order valence-electron chi connectivity index (χ2n) is 3.87. The van der Waals surface area contributed by atoms with Crippen molar-refractivity contribution in [1.82, 2.24) is 14.8 Å². The molecule has 0 spiro atoms. The van der Waals surface area contributed by atoms with E-state index >= 15 is 0 Å². The van der Waals surface area contributed by atoms with Gasteiger partial charge in [0.05, 0.1) is 6.10 Å². The summed E-state index contributed by atoms with van der Waals surface area (Å²) in [4.78, 5) is 11.1. The van der Waals surface area contributed by atoms with E-state index in [2.05, 4.69) is 14.8 Å². The van der Waals surface area contributed by atoms with Crippen molar-refractivity contribution < 1.29 is 17.9 Å². The smallest absolute Gasteiger partial charge is 0.422 e. The molecule has 1 saturated heterocycles. The average Bonchev–Trinajstić information content (AvgIpc) is 2.51. The molecule has 1 aliphatic rings. The van der Waals surface area contributed by atoms with Crippen LogP contribution in [0, 0.1) is 0 Å². The van der Waals surface area contributed by atoms with Crippen LogP contribution in [-0.4, -0.2) is 39.7 Å². The van der Waals surface area contributed by atoms with Crippen molar-refractivity contribution in [3.05, 3.63) is 0 Å². The van der Waals surface area contributed by atoms with Gasteiger partial charge in [0, 0.05) is 12.6 Å². The minimum Gasteiger partial charge on any atom is -0.446 e. The molecule has 1 aliphatic heterocycles. The van der Waals surface area contributed by atoms with Crippen LogP contribution < -0.4 is 14.8 Å². The molecule has 1 rings (SSSR count). The fourth-order valence-corrected chi connectivity index (χ4v) is 2.32. The maximum atomic E-state index is 11.4. The molecule has 0 saturated carbocycles. The molecule has 94 valence electrons. The molecule has 0 radical (unpaired) electrons. The van der Waals surface area contributed by atoms with Crippen molar-refractivity contribution in [2.24, 2.45) is 0 Å². The number of amides is 1. The minimum atomic E-state index is -3.82. The topological polar surface area (TPSA) is 96.5 Å². The van der Waals surface area contributed by atoms with Crippen LogP contribution in [0.1, 0.15) is 20.3 Å². The lowest BCUT2D eigenvalue weighted by Gasteiger charge is -2.13. The van der Waals surface area contributed by atoms with Gasteiger partial charge in [-0.1, -0.05) is 0 Å². The van der Waals surface area contributed by atoms with E-state index in [0.29, 0.717) is 13.0 Å². The molecule has 3 N–H and O–H groups in total. The molecule has 0 aromatic carbocycles. The van der Waals surface area contributed by atoms with Crippen LogP contribution in [0.4, 0.5) is 4.79 Å². The summed E-state index contributed by atoms with van der Waals surface area (Å²) in [5.74, 6) is 0. The van der Waals surface area contributed by atoms with E-state index in [9.17, 15) is 13.2 Å². The number of hydrogen-bond donors (Lipinski definition) is 3. The third kappa shape index (κ3) is 4.77. The van der Waals surface area contributed by atoms with Gasteiger partial charge in [0.15, 0.2) is 0 Å². The number of hydrogen-bond acceptors (Lipinski definition) is 5. The Bertz CT molecular complexity index is 335. The summed E-state index contributed by atoms with van der Waals surface area (Å²) < 4.78 is 31.7. The van der Waals surface area contributed by atoms with Crippen molar-refractivity contribution in [2.45, 2.75) is 32.4 Å². The lowest BCUT2D eigenvalue weighted by Crippen LogP contribution is -2.46. The molecule has 8 heteroatoms. The molecule has 0 aromatic heterocycles. The first kappa shape index (κ1) is 13.2. The van der Waals surface area contributed by atoms with Crippen molar-refractivity contribution in [2.75, 3.05) is 13.1 Å². The number of carbonyl (C=O) groups excluding carboxylic acids is 1.